The number of benzene rings is 8. The first-order valence-corrected chi connectivity index (χ1v) is 25.4. The van der Waals surface area contributed by atoms with Gasteiger partial charge in [0.1, 0.15) is 70.7 Å². The van der Waals surface area contributed by atoms with Gasteiger partial charge in [-0.2, -0.15) is 26.3 Å². The lowest BCUT2D eigenvalue weighted by atomic mass is 9.68. The maximum atomic E-state index is 14.8. The molecule has 0 saturated carbocycles. The minimum atomic E-state index is -4.81. The molecule has 0 amide bonds. The summed E-state index contributed by atoms with van der Waals surface area (Å²) < 4.78 is 101. The molecule has 9 rings (SSSR count). The largest absolute Gasteiger partial charge is 0.508 e. The summed E-state index contributed by atoms with van der Waals surface area (Å²) in [5.41, 5.74) is 10.3. The summed E-state index contributed by atoms with van der Waals surface area (Å²) in [7, 11) is 0. The van der Waals surface area contributed by atoms with Gasteiger partial charge in [-0.25, -0.2) is 0 Å². The van der Waals surface area contributed by atoms with Gasteiger partial charge in [0.25, 0.3) is 0 Å². The summed E-state index contributed by atoms with van der Waals surface area (Å²) >= 11 is 0. The third-order valence-corrected chi connectivity index (χ3v) is 15.2. The average Bonchev–Trinajstić information content (AvgIpc) is 3.98. The number of nitrogen functional groups attached to an aromatic ring is 2. The van der Waals surface area contributed by atoms with Crippen molar-refractivity contribution in [3.8, 4) is 45.6 Å². The number of aliphatic hydroxyl groups excluding tert-OH is 2. The molecule has 1 aliphatic rings. The number of fused-ring (bicyclic) bond motifs is 3. The van der Waals surface area contributed by atoms with Gasteiger partial charge in [0.05, 0.1) is 22.5 Å². The van der Waals surface area contributed by atoms with E-state index in [2.05, 4.69) is 34.9 Å². The lowest BCUT2D eigenvalue weighted by Crippen LogP contribution is -2.40. The third-order valence-electron chi connectivity index (χ3n) is 15.2. The molecule has 8 aromatic rings. The van der Waals surface area contributed by atoms with Crippen LogP contribution in [0.25, 0.3) is 11.1 Å². The van der Waals surface area contributed by atoms with Gasteiger partial charge in [0.15, 0.2) is 0 Å². The van der Waals surface area contributed by atoms with E-state index in [0.717, 1.165) is 102 Å². The Morgan fingerprint density at radius 3 is 1.34 bits per heavy atom. The van der Waals surface area contributed by atoms with Gasteiger partial charge in [-0.15, -0.1) is 0 Å². The highest BCUT2D eigenvalue weighted by Gasteiger charge is 2.55. The zero-order chi connectivity index (χ0) is 57.4. The molecule has 8 aromatic carbocycles. The van der Waals surface area contributed by atoms with Crippen LogP contribution in [-0.4, -0.2) is 81.5 Å². The van der Waals surface area contributed by atoms with E-state index >= 15 is 0 Å². The molecular weight excluding hydrogens is 1040 g/mol. The quantitative estimate of drug-likeness (QED) is 0.0208. The van der Waals surface area contributed by atoms with Crippen molar-refractivity contribution in [2.45, 2.75) is 61.2 Å². The highest BCUT2D eigenvalue weighted by atomic mass is 19.4. The Bertz CT molecular complexity index is 3480. The highest BCUT2D eigenvalue weighted by molar-refractivity contribution is 5.86. The normalized spacial score (nSPS) is 15.2. The molecule has 0 heterocycles. The predicted molar refractivity (Wildman–Crippen MR) is 293 cm³/mol. The Morgan fingerprint density at radius 1 is 0.487 bits per heavy atom. The van der Waals surface area contributed by atoms with E-state index in [9.17, 15) is 57.0 Å². The standard InChI is InChI=1S/C62H58F6N4O8/c1-58(61(63,64)65,40-16-24-55(76)51(69)28-40)39-15-23-54(75)36(27-39)31-71-32-43(73)34-79-45-19-11-37(12-20-45)60(49-9-5-3-7-47(49)48-8-4-6-10-50(48)60)38-13-21-46(22-14-38)80-35-44(74)33-72-53-30-42(18-26-57(53)78)59(2,62(66,67)68)41-17-25-56(77)52(70)29-41/h3-30,43-44,71-78H,31-35,69-70H2,1-2H3. The number of ether oxygens (including phenoxy) is 2. The van der Waals surface area contributed by atoms with Gasteiger partial charge in [-0.1, -0.05) is 97.1 Å². The highest BCUT2D eigenvalue weighted by Crippen LogP contribution is 2.57. The average molecular weight is 1100 g/mol. The number of aromatic hydroxyl groups is 4. The van der Waals surface area contributed by atoms with Crippen molar-refractivity contribution in [1.82, 2.24) is 5.32 Å². The lowest BCUT2D eigenvalue weighted by Gasteiger charge is -2.34. The second kappa shape index (κ2) is 21.9. The van der Waals surface area contributed by atoms with Crippen LogP contribution < -0.4 is 31.6 Å². The maximum absolute atomic E-state index is 14.8. The van der Waals surface area contributed by atoms with E-state index in [1.165, 1.54) is 18.2 Å². The van der Waals surface area contributed by atoms with E-state index < -0.39 is 40.8 Å². The van der Waals surface area contributed by atoms with E-state index in [1.807, 2.05) is 48.5 Å². The van der Waals surface area contributed by atoms with Crippen molar-refractivity contribution in [3.63, 3.8) is 0 Å². The van der Waals surface area contributed by atoms with Crippen LogP contribution in [0.2, 0.25) is 0 Å². The van der Waals surface area contributed by atoms with E-state index in [4.69, 9.17) is 20.9 Å². The van der Waals surface area contributed by atoms with Crippen LogP contribution in [0.1, 0.15) is 63.9 Å². The van der Waals surface area contributed by atoms with Gasteiger partial charge in [0.2, 0.25) is 0 Å². The van der Waals surface area contributed by atoms with Crippen molar-refractivity contribution in [1.29, 1.82) is 0 Å². The number of halogens is 6. The second-order valence-electron chi connectivity index (χ2n) is 20.2. The molecule has 0 aliphatic heterocycles. The number of hydrogen-bond acceptors (Lipinski definition) is 12. The van der Waals surface area contributed by atoms with Crippen molar-refractivity contribution >= 4 is 17.1 Å². The molecule has 0 saturated heterocycles. The summed E-state index contributed by atoms with van der Waals surface area (Å²) in [6.07, 6.45) is -11.8. The number of alkyl halides is 6. The molecule has 18 heteroatoms. The molecule has 0 spiro atoms. The van der Waals surface area contributed by atoms with Crippen LogP contribution >= 0.6 is 0 Å². The molecule has 416 valence electrons. The Balaban J connectivity index is 0.867. The predicted octanol–water partition coefficient (Wildman–Crippen LogP) is 11.2. The Morgan fingerprint density at radius 2 is 0.887 bits per heavy atom. The molecule has 4 unspecified atom stereocenters. The molecule has 0 fully saturated rings. The zero-order valence-corrected chi connectivity index (χ0v) is 43.3. The van der Waals surface area contributed by atoms with Crippen molar-refractivity contribution < 1.29 is 66.5 Å². The third kappa shape index (κ3) is 10.4. The van der Waals surface area contributed by atoms with Gasteiger partial charge in [0, 0.05) is 25.2 Å². The van der Waals surface area contributed by atoms with Crippen LogP contribution in [-0.2, 0) is 22.8 Å². The fourth-order valence-electron chi connectivity index (χ4n) is 10.5. The lowest BCUT2D eigenvalue weighted by molar-refractivity contribution is -0.173. The minimum Gasteiger partial charge on any atom is -0.508 e. The number of anilines is 3. The number of nitrogens with two attached hydrogens (primary N) is 2. The summed E-state index contributed by atoms with van der Waals surface area (Å²) in [4.78, 5) is 0. The number of hydrogen-bond donors (Lipinski definition) is 10. The molecule has 4 atom stereocenters. The number of rotatable bonds is 19. The number of phenols is 4. The van der Waals surface area contributed by atoms with Gasteiger partial charge >= 0.3 is 12.4 Å². The van der Waals surface area contributed by atoms with E-state index in [0.29, 0.717) is 11.5 Å². The van der Waals surface area contributed by atoms with Gasteiger partial charge in [-0.05, 0) is 142 Å². The number of nitrogens with one attached hydrogen (secondary N) is 2. The molecule has 12 N–H and O–H groups in total. The van der Waals surface area contributed by atoms with Crippen molar-refractivity contribution in [3.05, 3.63) is 220 Å². The first kappa shape index (κ1) is 56.2. The Hall–Kier alpha value is -8.58. The van der Waals surface area contributed by atoms with Crippen LogP contribution in [0.4, 0.5) is 43.4 Å². The molecule has 0 radical (unpaired) electrons. The Kier molecular flexibility index (Phi) is 15.4. The Labute approximate surface area is 457 Å². The molecule has 12 nitrogen and oxygen atoms in total. The summed E-state index contributed by atoms with van der Waals surface area (Å²) in [6.45, 7) is 1.29. The molecule has 1 aliphatic carbocycles. The molecular formula is C62H58F6N4O8. The van der Waals surface area contributed by atoms with Crippen molar-refractivity contribution in [2.75, 3.05) is 43.1 Å². The molecule has 80 heavy (non-hydrogen) atoms. The second-order valence-corrected chi connectivity index (χ2v) is 20.2. The van der Waals surface area contributed by atoms with Crippen LogP contribution in [0.5, 0.6) is 34.5 Å². The first-order chi connectivity index (χ1) is 38.0. The van der Waals surface area contributed by atoms with Crippen molar-refractivity contribution in [2.24, 2.45) is 0 Å². The fraction of sp³-hybridized carbons (Fsp3) is 0.226. The van der Waals surface area contributed by atoms with Gasteiger partial charge in [-0.3, -0.25) is 0 Å². The van der Waals surface area contributed by atoms with Crippen LogP contribution in [0, 0.1) is 0 Å². The first-order valence-electron chi connectivity index (χ1n) is 25.4. The van der Waals surface area contributed by atoms with Crippen LogP contribution in [0.15, 0.2) is 170 Å². The van der Waals surface area contributed by atoms with E-state index in [-0.39, 0.29) is 101 Å². The zero-order valence-electron chi connectivity index (χ0n) is 43.3. The summed E-state index contributed by atoms with van der Waals surface area (Å²) in [5, 5.41) is 68.8. The SMILES string of the molecule is CC(c1ccc(O)c(N)c1)(c1ccc(O)c(CNCC(O)COc2ccc(C3(c4ccc(OCC(O)CNc5cc(C(C)(c6ccc(O)c(N)c6)C(F)(F)F)ccc5O)cc4)c4ccccc4-c4ccccc43)cc2)c1)C(F)(F)F. The van der Waals surface area contributed by atoms with Gasteiger partial charge < -0.3 is 62.2 Å². The van der Waals surface area contributed by atoms with E-state index in [1.54, 1.807) is 24.3 Å². The topological polar surface area (TPSA) is 216 Å². The van der Waals surface area contributed by atoms with Crippen LogP contribution in [0.3, 0.4) is 0 Å². The molecule has 0 aromatic heterocycles. The summed E-state index contributed by atoms with van der Waals surface area (Å²) in [5.74, 6) is -0.427. The monoisotopic (exact) mass is 1100 g/mol. The molecule has 0 bridgehead atoms. The smallest absolute Gasteiger partial charge is 0.402 e. The number of aliphatic hydroxyl groups is 2. The fourth-order valence-corrected chi connectivity index (χ4v) is 10.5. The summed E-state index contributed by atoms with van der Waals surface area (Å²) in [6, 6.07) is 44.8. The maximum Gasteiger partial charge on any atom is 0.402 e. The minimum absolute atomic E-state index is 0.0351. The number of phenolic OH excluding ortho intramolecular Hbond substituents is 4.